The Morgan fingerprint density at radius 3 is 0.867 bits per heavy atom. The second kappa shape index (κ2) is 4.59. The molecule has 0 aliphatic carbocycles. The zero-order valence-electron chi connectivity index (χ0n) is 15.7. The summed E-state index contributed by atoms with van der Waals surface area (Å²) in [5.74, 6) is 0. The van der Waals surface area contributed by atoms with E-state index in [0.29, 0.717) is 0 Å². The van der Waals surface area contributed by atoms with Gasteiger partial charge in [0.15, 0.2) is 0 Å². The molecule has 0 spiro atoms. The molecule has 9 rings (SSSR count). The molecule has 9 aromatic rings. The van der Waals surface area contributed by atoms with Crippen LogP contribution in [0.15, 0.2) is 72.8 Å². The van der Waals surface area contributed by atoms with E-state index in [2.05, 4.69) is 72.8 Å². The fourth-order valence-corrected chi connectivity index (χ4v) is 8.20. The van der Waals surface area contributed by atoms with E-state index >= 15 is 0 Å². The maximum Gasteiger partial charge on any atom is 0.0362 e. The van der Waals surface area contributed by atoms with E-state index in [-0.39, 0.29) is 0 Å². The number of benzene rings is 6. The summed E-state index contributed by atoms with van der Waals surface area (Å²) in [5.41, 5.74) is 0. The molecule has 0 unspecified atom stereocenters. The molecule has 0 N–H and O–H groups in total. The minimum absolute atomic E-state index is 1.34. The molecule has 30 heavy (non-hydrogen) atoms. The predicted molar refractivity (Wildman–Crippen MR) is 136 cm³/mol. The second-order valence-corrected chi connectivity index (χ2v) is 10.7. The maximum atomic E-state index is 2.34. The van der Waals surface area contributed by atoms with Gasteiger partial charge in [0.1, 0.15) is 0 Å². The van der Waals surface area contributed by atoms with Crippen molar-refractivity contribution in [1.82, 2.24) is 0 Å². The van der Waals surface area contributed by atoms with Gasteiger partial charge in [-0.15, -0.1) is 22.7 Å². The molecule has 0 bridgehead atoms. The summed E-state index contributed by atoms with van der Waals surface area (Å²) in [6.07, 6.45) is 0. The lowest BCUT2D eigenvalue weighted by atomic mass is 9.87. The number of hydrogen-bond acceptors (Lipinski definition) is 2. The Morgan fingerprint density at radius 2 is 0.500 bits per heavy atom. The Morgan fingerprint density at radius 1 is 0.267 bits per heavy atom. The summed E-state index contributed by atoms with van der Waals surface area (Å²) in [5, 5.41) is 17.0. The van der Waals surface area contributed by atoms with E-state index in [1.165, 1.54) is 83.4 Å². The SMILES string of the molecule is c1cc2ccc3ccc4sc5ccc6sc7ccc8ccc1c1c2c3c4c5c6c7c81. The molecule has 0 amide bonds. The molecule has 0 atom stereocenters. The van der Waals surface area contributed by atoms with Crippen LogP contribution in [-0.4, -0.2) is 0 Å². The lowest BCUT2D eigenvalue weighted by molar-refractivity contribution is 1.84. The van der Waals surface area contributed by atoms with Gasteiger partial charge in [0.05, 0.1) is 0 Å². The standard InChI is InChI=1S/C28H12S2/c1-2-14-4-6-16-8-10-18-26-24(16)22(14)21-13(1)3-5-15-7-9-17-25(23(15)21)27-19(29-17)11-12-20(30-18)28(26)27/h1-12H. The first-order valence-corrected chi connectivity index (χ1v) is 11.9. The lowest BCUT2D eigenvalue weighted by Gasteiger charge is -2.15. The molecular formula is C28H12S2. The summed E-state index contributed by atoms with van der Waals surface area (Å²) >= 11 is 3.89. The zero-order valence-corrected chi connectivity index (χ0v) is 17.4. The molecule has 2 heteroatoms. The number of hydrogen-bond donors (Lipinski definition) is 0. The summed E-state index contributed by atoms with van der Waals surface area (Å²) in [6, 6.07) is 27.8. The fourth-order valence-electron chi connectivity index (χ4n) is 5.96. The van der Waals surface area contributed by atoms with Crippen LogP contribution in [0.5, 0.6) is 0 Å². The lowest BCUT2D eigenvalue weighted by Crippen LogP contribution is -1.87. The van der Waals surface area contributed by atoms with Gasteiger partial charge < -0.3 is 0 Å². The third-order valence-corrected chi connectivity index (χ3v) is 9.36. The normalized spacial score (nSPS) is 13.3. The average molecular weight is 413 g/mol. The quantitative estimate of drug-likeness (QED) is 0.218. The highest BCUT2D eigenvalue weighted by Gasteiger charge is 2.22. The molecule has 0 fully saturated rings. The van der Waals surface area contributed by atoms with E-state index in [9.17, 15) is 0 Å². The van der Waals surface area contributed by atoms with Crippen molar-refractivity contribution >= 4 is 106 Å². The Kier molecular flexibility index (Phi) is 2.25. The fraction of sp³-hybridized carbons (Fsp3) is 0. The van der Waals surface area contributed by atoms with Crippen molar-refractivity contribution in [2.24, 2.45) is 0 Å². The highest BCUT2D eigenvalue weighted by molar-refractivity contribution is 7.28. The first kappa shape index (κ1) is 14.7. The van der Waals surface area contributed by atoms with Crippen LogP contribution in [0, 0.1) is 0 Å². The van der Waals surface area contributed by atoms with Crippen molar-refractivity contribution < 1.29 is 0 Å². The summed E-state index contributed by atoms with van der Waals surface area (Å²) < 4.78 is 5.62. The second-order valence-electron chi connectivity index (χ2n) is 8.48. The van der Waals surface area contributed by atoms with Gasteiger partial charge in [-0.05, 0) is 67.4 Å². The van der Waals surface area contributed by atoms with Crippen LogP contribution in [0.1, 0.15) is 0 Å². The summed E-state index contributed by atoms with van der Waals surface area (Å²) in [7, 11) is 0. The van der Waals surface area contributed by atoms with Gasteiger partial charge in [0.2, 0.25) is 0 Å². The van der Waals surface area contributed by atoms with Crippen molar-refractivity contribution in [3.63, 3.8) is 0 Å². The highest BCUT2D eigenvalue weighted by Crippen LogP contribution is 2.52. The van der Waals surface area contributed by atoms with Gasteiger partial charge >= 0.3 is 0 Å². The van der Waals surface area contributed by atoms with E-state index in [4.69, 9.17) is 0 Å². The molecule has 0 radical (unpaired) electrons. The van der Waals surface area contributed by atoms with Gasteiger partial charge in [0, 0.05) is 40.3 Å². The van der Waals surface area contributed by atoms with E-state index in [0.717, 1.165) is 0 Å². The van der Waals surface area contributed by atoms with Gasteiger partial charge in [-0.1, -0.05) is 48.5 Å². The Labute approximate surface area is 178 Å². The van der Waals surface area contributed by atoms with Crippen LogP contribution >= 0.6 is 22.7 Å². The van der Waals surface area contributed by atoms with Crippen LogP contribution in [0.3, 0.4) is 0 Å². The Hall–Kier alpha value is -3.20. The molecular weight excluding hydrogens is 400 g/mol. The molecule has 0 saturated carbocycles. The van der Waals surface area contributed by atoms with Crippen LogP contribution < -0.4 is 0 Å². The maximum absolute atomic E-state index is 2.34. The molecule has 0 nitrogen and oxygen atoms in total. The highest BCUT2D eigenvalue weighted by atomic mass is 32.1. The first-order chi connectivity index (χ1) is 14.9. The molecule has 0 aliphatic rings. The van der Waals surface area contributed by atoms with Crippen molar-refractivity contribution in [1.29, 1.82) is 0 Å². The average Bonchev–Trinajstić information content (AvgIpc) is 3.34. The van der Waals surface area contributed by atoms with Crippen molar-refractivity contribution in [3.8, 4) is 0 Å². The van der Waals surface area contributed by atoms with Crippen LogP contribution in [0.4, 0.5) is 0 Å². The zero-order chi connectivity index (χ0) is 19.1. The number of thiophene rings is 2. The Balaban J connectivity index is 1.92. The molecule has 2 aromatic heterocycles. The van der Waals surface area contributed by atoms with Crippen molar-refractivity contribution in [2.45, 2.75) is 0 Å². The minimum Gasteiger partial charge on any atom is -0.135 e. The molecule has 136 valence electrons. The van der Waals surface area contributed by atoms with Crippen molar-refractivity contribution in [3.05, 3.63) is 72.8 Å². The molecule has 0 aliphatic heterocycles. The monoisotopic (exact) mass is 412 g/mol. The van der Waals surface area contributed by atoms with Gasteiger partial charge in [0.25, 0.3) is 0 Å². The van der Waals surface area contributed by atoms with Gasteiger partial charge in [-0.3, -0.25) is 0 Å². The third kappa shape index (κ3) is 1.44. The largest absolute Gasteiger partial charge is 0.135 e. The first-order valence-electron chi connectivity index (χ1n) is 10.3. The molecule has 2 heterocycles. The molecule has 0 saturated heterocycles. The Bertz CT molecular complexity index is 1940. The van der Waals surface area contributed by atoms with Gasteiger partial charge in [-0.25, -0.2) is 0 Å². The van der Waals surface area contributed by atoms with Gasteiger partial charge in [-0.2, -0.15) is 0 Å². The third-order valence-electron chi connectivity index (χ3n) is 7.12. The van der Waals surface area contributed by atoms with Crippen LogP contribution in [-0.2, 0) is 0 Å². The topological polar surface area (TPSA) is 0 Å². The summed E-state index contributed by atoms with van der Waals surface area (Å²) in [6.45, 7) is 0. The van der Waals surface area contributed by atoms with Crippen molar-refractivity contribution in [2.75, 3.05) is 0 Å². The van der Waals surface area contributed by atoms with E-state index in [1.807, 2.05) is 22.7 Å². The number of rotatable bonds is 0. The smallest absolute Gasteiger partial charge is 0.0362 e. The van der Waals surface area contributed by atoms with Crippen LogP contribution in [0.2, 0.25) is 0 Å². The minimum atomic E-state index is 1.34. The van der Waals surface area contributed by atoms with E-state index in [1.54, 1.807) is 0 Å². The summed E-state index contributed by atoms with van der Waals surface area (Å²) in [4.78, 5) is 0. The molecule has 7 aromatic carbocycles. The predicted octanol–water partition coefficient (Wildman–Crippen LogP) is 9.35. The van der Waals surface area contributed by atoms with Crippen LogP contribution in [0.25, 0.3) is 83.4 Å². The van der Waals surface area contributed by atoms with E-state index < -0.39 is 0 Å².